The van der Waals surface area contributed by atoms with E-state index in [0.717, 1.165) is 70.4 Å². The molecule has 0 unspecified atom stereocenters. The number of ether oxygens (including phenoxy) is 1. The molecule has 41 heavy (non-hydrogen) atoms. The predicted molar refractivity (Wildman–Crippen MR) is 161 cm³/mol. The minimum Gasteiger partial charge on any atom is -0.465 e. The highest BCUT2D eigenvalue weighted by Gasteiger charge is 2.23. The van der Waals surface area contributed by atoms with E-state index < -0.39 is 0 Å². The third kappa shape index (κ3) is 9.58. The van der Waals surface area contributed by atoms with Crippen molar-refractivity contribution in [3.8, 4) is 0 Å². The lowest BCUT2D eigenvalue weighted by Crippen LogP contribution is -2.41. The minimum atomic E-state index is -0.347. The average molecular weight is 568 g/mol. The van der Waals surface area contributed by atoms with Crippen molar-refractivity contribution in [2.75, 3.05) is 44.7 Å². The van der Waals surface area contributed by atoms with E-state index in [-0.39, 0.29) is 29.6 Å². The van der Waals surface area contributed by atoms with Gasteiger partial charge in [0, 0.05) is 56.4 Å². The van der Waals surface area contributed by atoms with Crippen molar-refractivity contribution in [3.63, 3.8) is 0 Å². The molecular weight excluding hydrogens is 521 g/mol. The molecule has 0 bridgehead atoms. The lowest BCUT2D eigenvalue weighted by molar-refractivity contribution is -0.131. The normalized spacial score (nSPS) is 13.8. The summed E-state index contributed by atoms with van der Waals surface area (Å²) in [7, 11) is 1.39. The zero-order valence-electron chi connectivity index (χ0n) is 25.1. The van der Waals surface area contributed by atoms with Gasteiger partial charge in [0.15, 0.2) is 0 Å². The third-order valence-electron chi connectivity index (χ3n) is 8.00. The first-order valence-electron chi connectivity index (χ1n) is 15.0. The summed E-state index contributed by atoms with van der Waals surface area (Å²) in [6, 6.07) is 13.3. The highest BCUT2D eigenvalue weighted by atomic mass is 19.1. The standard InChI is InChI=1S/C33H46FN3O4/c1-5-35(24-26-19-22-36(23-20-26)30-17-13-28(14-18-30)33(40)41-4)31(38)10-8-6-7-9-21-37(25(2)3)32(39)27-11-15-29(34)16-12-27/h11-18,25-26H,5-10,19-24H2,1-4H3. The van der Waals surface area contributed by atoms with Gasteiger partial charge in [-0.05, 0) is 101 Å². The summed E-state index contributed by atoms with van der Waals surface area (Å²) in [5, 5.41) is 0. The van der Waals surface area contributed by atoms with E-state index >= 15 is 0 Å². The first-order valence-corrected chi connectivity index (χ1v) is 15.0. The molecule has 1 aliphatic rings. The molecule has 2 aromatic carbocycles. The monoisotopic (exact) mass is 567 g/mol. The Hall–Kier alpha value is -3.42. The number of anilines is 1. The average Bonchev–Trinajstić information content (AvgIpc) is 2.99. The Morgan fingerprint density at radius 3 is 2.12 bits per heavy atom. The van der Waals surface area contributed by atoms with Gasteiger partial charge in [0.2, 0.25) is 5.91 Å². The van der Waals surface area contributed by atoms with Crippen molar-refractivity contribution in [1.29, 1.82) is 0 Å². The molecule has 1 saturated heterocycles. The first kappa shape index (κ1) is 32.1. The SMILES string of the molecule is CCN(CC1CCN(c2ccc(C(=O)OC)cc2)CC1)C(=O)CCCCCCN(C(=O)c1ccc(F)cc1)C(C)C. The number of unbranched alkanes of at least 4 members (excludes halogenated alkanes) is 3. The van der Waals surface area contributed by atoms with Crippen LogP contribution in [0.5, 0.6) is 0 Å². The molecule has 0 radical (unpaired) electrons. The zero-order chi connectivity index (χ0) is 29.8. The van der Waals surface area contributed by atoms with Crippen LogP contribution < -0.4 is 4.90 Å². The number of halogens is 1. The van der Waals surface area contributed by atoms with Crippen molar-refractivity contribution in [1.82, 2.24) is 9.80 Å². The van der Waals surface area contributed by atoms with E-state index in [1.165, 1.54) is 31.4 Å². The quantitative estimate of drug-likeness (QED) is 0.201. The van der Waals surface area contributed by atoms with Crippen LogP contribution in [-0.4, -0.2) is 73.5 Å². The van der Waals surface area contributed by atoms with Gasteiger partial charge in [-0.1, -0.05) is 12.8 Å². The molecule has 2 amide bonds. The highest BCUT2D eigenvalue weighted by molar-refractivity contribution is 5.94. The molecule has 1 aliphatic heterocycles. The Morgan fingerprint density at radius 2 is 1.54 bits per heavy atom. The number of piperidine rings is 1. The van der Waals surface area contributed by atoms with Gasteiger partial charge in [0.25, 0.3) is 5.91 Å². The molecule has 1 fully saturated rings. The van der Waals surface area contributed by atoms with E-state index in [1.54, 1.807) is 12.1 Å². The summed E-state index contributed by atoms with van der Waals surface area (Å²) in [5.74, 6) is -0.0303. The Balaban J connectivity index is 1.34. The smallest absolute Gasteiger partial charge is 0.337 e. The maximum Gasteiger partial charge on any atom is 0.337 e. The van der Waals surface area contributed by atoms with Crippen LogP contribution in [0.4, 0.5) is 10.1 Å². The van der Waals surface area contributed by atoms with E-state index in [9.17, 15) is 18.8 Å². The van der Waals surface area contributed by atoms with Gasteiger partial charge >= 0.3 is 5.97 Å². The van der Waals surface area contributed by atoms with Crippen molar-refractivity contribution >= 4 is 23.5 Å². The van der Waals surface area contributed by atoms with Gasteiger partial charge in [-0.15, -0.1) is 0 Å². The maximum absolute atomic E-state index is 13.2. The highest BCUT2D eigenvalue weighted by Crippen LogP contribution is 2.25. The number of methoxy groups -OCH3 is 1. The number of nitrogens with zero attached hydrogens (tertiary/aromatic N) is 3. The fourth-order valence-corrected chi connectivity index (χ4v) is 5.44. The topological polar surface area (TPSA) is 70.2 Å². The number of carbonyl (C=O) groups is 3. The van der Waals surface area contributed by atoms with Crippen LogP contribution in [0.3, 0.4) is 0 Å². The van der Waals surface area contributed by atoms with E-state index in [4.69, 9.17) is 4.74 Å². The first-order chi connectivity index (χ1) is 19.7. The summed E-state index contributed by atoms with van der Waals surface area (Å²) in [5.41, 5.74) is 2.17. The number of amides is 2. The molecule has 3 rings (SSSR count). The molecule has 0 spiro atoms. The van der Waals surface area contributed by atoms with Crippen LogP contribution >= 0.6 is 0 Å². The number of carbonyl (C=O) groups excluding carboxylic acids is 3. The predicted octanol–water partition coefficient (Wildman–Crippen LogP) is 6.18. The second-order valence-electron chi connectivity index (χ2n) is 11.2. The molecule has 0 aliphatic carbocycles. The summed E-state index contributed by atoms with van der Waals surface area (Å²) in [6.45, 7) is 10.1. The van der Waals surface area contributed by atoms with Crippen molar-refractivity contribution < 1.29 is 23.5 Å². The van der Waals surface area contributed by atoms with Crippen LogP contribution in [0.15, 0.2) is 48.5 Å². The molecule has 8 heteroatoms. The summed E-state index contributed by atoms with van der Waals surface area (Å²) >= 11 is 0. The molecule has 2 aromatic rings. The number of benzene rings is 2. The van der Waals surface area contributed by atoms with E-state index in [2.05, 4.69) is 11.8 Å². The Kier molecular flexibility index (Phi) is 12.6. The fourth-order valence-electron chi connectivity index (χ4n) is 5.44. The van der Waals surface area contributed by atoms with Gasteiger partial charge in [-0.2, -0.15) is 0 Å². The summed E-state index contributed by atoms with van der Waals surface area (Å²) < 4.78 is 18.0. The lowest BCUT2D eigenvalue weighted by atomic mass is 9.95. The minimum absolute atomic E-state index is 0.0613. The van der Waals surface area contributed by atoms with Crippen molar-refractivity contribution in [2.45, 2.75) is 71.8 Å². The summed E-state index contributed by atoms with van der Waals surface area (Å²) in [4.78, 5) is 43.6. The van der Waals surface area contributed by atoms with E-state index in [0.29, 0.717) is 30.0 Å². The largest absolute Gasteiger partial charge is 0.465 e. The van der Waals surface area contributed by atoms with Crippen molar-refractivity contribution in [2.24, 2.45) is 5.92 Å². The maximum atomic E-state index is 13.2. The van der Waals surface area contributed by atoms with Gasteiger partial charge in [-0.3, -0.25) is 9.59 Å². The molecule has 224 valence electrons. The second kappa shape index (κ2) is 16.1. The van der Waals surface area contributed by atoms with Crippen LogP contribution in [0, 0.1) is 11.7 Å². The zero-order valence-corrected chi connectivity index (χ0v) is 25.1. The van der Waals surface area contributed by atoms with E-state index in [1.807, 2.05) is 35.8 Å². The third-order valence-corrected chi connectivity index (χ3v) is 8.00. The van der Waals surface area contributed by atoms with Crippen molar-refractivity contribution in [3.05, 3.63) is 65.5 Å². The van der Waals surface area contributed by atoms with Crippen LogP contribution in [0.2, 0.25) is 0 Å². The van der Waals surface area contributed by atoms with Gasteiger partial charge in [0.1, 0.15) is 5.82 Å². The Bertz CT molecular complexity index is 1110. The summed E-state index contributed by atoms with van der Waals surface area (Å²) in [6.07, 6.45) is 6.26. The molecule has 7 nitrogen and oxygen atoms in total. The Morgan fingerprint density at radius 1 is 0.927 bits per heavy atom. The number of rotatable bonds is 14. The van der Waals surface area contributed by atoms with Crippen LogP contribution in [0.1, 0.15) is 86.4 Å². The lowest BCUT2D eigenvalue weighted by Gasteiger charge is -2.36. The number of hydrogen-bond donors (Lipinski definition) is 0. The molecule has 0 saturated carbocycles. The number of esters is 1. The van der Waals surface area contributed by atoms with Crippen LogP contribution in [0.25, 0.3) is 0 Å². The van der Waals surface area contributed by atoms with Crippen LogP contribution in [-0.2, 0) is 9.53 Å². The van der Waals surface area contributed by atoms with Gasteiger partial charge in [0.05, 0.1) is 12.7 Å². The second-order valence-corrected chi connectivity index (χ2v) is 11.2. The molecule has 0 atom stereocenters. The molecule has 1 heterocycles. The van der Waals surface area contributed by atoms with Gasteiger partial charge < -0.3 is 19.4 Å². The molecular formula is C33H46FN3O4. The Labute approximate surface area is 244 Å². The number of hydrogen-bond acceptors (Lipinski definition) is 5. The molecule has 0 N–H and O–H groups in total. The van der Waals surface area contributed by atoms with Gasteiger partial charge in [-0.25, -0.2) is 9.18 Å². The molecule has 0 aromatic heterocycles. The fraction of sp³-hybridized carbons (Fsp3) is 0.545.